The molecular formula is C22H22N2O4S. The number of ether oxygens (including phenoxy) is 2. The second kappa shape index (κ2) is 8.79. The van der Waals surface area contributed by atoms with Gasteiger partial charge in [0.1, 0.15) is 11.5 Å². The molecule has 0 saturated heterocycles. The van der Waals surface area contributed by atoms with Crippen molar-refractivity contribution in [1.82, 2.24) is 0 Å². The third kappa shape index (κ3) is 5.14. The Labute approximate surface area is 173 Å². The summed E-state index contributed by atoms with van der Waals surface area (Å²) in [6.45, 7) is 3.39. The molecular weight excluding hydrogens is 388 g/mol. The highest BCUT2D eigenvalue weighted by molar-refractivity contribution is 7.12. The maximum atomic E-state index is 12.7. The molecule has 1 heterocycles. The second-order valence-corrected chi connectivity index (χ2v) is 7.67. The summed E-state index contributed by atoms with van der Waals surface area (Å²) in [6, 6.07) is 17.8. The van der Waals surface area contributed by atoms with Crippen LogP contribution < -0.4 is 20.1 Å². The molecule has 0 atom stereocenters. The maximum absolute atomic E-state index is 12.7. The van der Waals surface area contributed by atoms with Crippen molar-refractivity contribution in [2.75, 3.05) is 17.7 Å². The van der Waals surface area contributed by atoms with E-state index in [2.05, 4.69) is 10.6 Å². The first-order valence-electron chi connectivity index (χ1n) is 8.97. The molecule has 0 aliphatic carbocycles. The fourth-order valence-corrected chi connectivity index (χ4v) is 3.19. The maximum Gasteiger partial charge on any atom is 0.267 e. The van der Waals surface area contributed by atoms with E-state index in [4.69, 9.17) is 9.47 Å². The van der Waals surface area contributed by atoms with E-state index < -0.39 is 5.60 Å². The van der Waals surface area contributed by atoms with Crippen LogP contribution in [0.5, 0.6) is 11.5 Å². The van der Waals surface area contributed by atoms with Crippen LogP contribution in [0.25, 0.3) is 0 Å². The summed E-state index contributed by atoms with van der Waals surface area (Å²) in [4.78, 5) is 25.6. The lowest BCUT2D eigenvalue weighted by atomic mass is 10.1. The highest BCUT2D eigenvalue weighted by Crippen LogP contribution is 2.29. The van der Waals surface area contributed by atoms with Crippen LogP contribution in [0, 0.1) is 0 Å². The number of anilines is 2. The Hall–Kier alpha value is -3.32. The fourth-order valence-electron chi connectivity index (χ4n) is 2.58. The summed E-state index contributed by atoms with van der Waals surface area (Å²) >= 11 is 1.35. The molecule has 0 aliphatic heterocycles. The number of carbonyl (C=O) groups is 2. The van der Waals surface area contributed by atoms with E-state index in [0.717, 1.165) is 0 Å². The molecule has 150 valence electrons. The average molecular weight is 410 g/mol. The van der Waals surface area contributed by atoms with Gasteiger partial charge in [0.05, 0.1) is 17.7 Å². The topological polar surface area (TPSA) is 76.7 Å². The van der Waals surface area contributed by atoms with E-state index in [-0.39, 0.29) is 11.8 Å². The molecule has 2 amide bonds. The molecule has 7 heteroatoms. The van der Waals surface area contributed by atoms with Gasteiger partial charge in [0.25, 0.3) is 11.8 Å². The van der Waals surface area contributed by atoms with Gasteiger partial charge in [-0.05, 0) is 49.6 Å². The molecule has 0 saturated carbocycles. The number of carbonyl (C=O) groups excluding carboxylic acids is 2. The van der Waals surface area contributed by atoms with Crippen molar-refractivity contribution < 1.29 is 19.1 Å². The number of para-hydroxylation sites is 1. The standard InChI is InChI=1S/C22H22N2O4S/c1-22(2,28-16-8-5-4-6-9-16)21(26)23-15-11-12-17(18(14-15)27-3)24-20(25)19-10-7-13-29-19/h4-14H,1-3H3,(H,23,26)(H,24,25). The summed E-state index contributed by atoms with van der Waals surface area (Å²) in [5, 5.41) is 7.48. The molecule has 0 aliphatic rings. The molecule has 1 aromatic heterocycles. The minimum Gasteiger partial charge on any atom is -0.494 e. The van der Waals surface area contributed by atoms with Gasteiger partial charge in [-0.25, -0.2) is 0 Å². The highest BCUT2D eigenvalue weighted by atomic mass is 32.1. The first-order valence-corrected chi connectivity index (χ1v) is 9.85. The zero-order valence-corrected chi connectivity index (χ0v) is 17.2. The molecule has 29 heavy (non-hydrogen) atoms. The Kier molecular flexibility index (Phi) is 6.19. The molecule has 2 N–H and O–H groups in total. The Balaban J connectivity index is 1.70. The Morgan fingerprint density at radius 1 is 0.966 bits per heavy atom. The van der Waals surface area contributed by atoms with Gasteiger partial charge in [-0.15, -0.1) is 11.3 Å². The largest absolute Gasteiger partial charge is 0.494 e. The lowest BCUT2D eigenvalue weighted by Gasteiger charge is -2.25. The number of amides is 2. The molecule has 2 aromatic carbocycles. The van der Waals surface area contributed by atoms with Crippen LogP contribution in [0.2, 0.25) is 0 Å². The first kappa shape index (κ1) is 20.4. The third-order valence-electron chi connectivity index (χ3n) is 4.12. The van der Waals surface area contributed by atoms with Gasteiger partial charge in [-0.3, -0.25) is 9.59 Å². The number of nitrogens with one attached hydrogen (secondary N) is 2. The van der Waals surface area contributed by atoms with E-state index in [1.165, 1.54) is 18.4 Å². The lowest BCUT2D eigenvalue weighted by molar-refractivity contribution is -0.128. The predicted molar refractivity (Wildman–Crippen MR) is 115 cm³/mol. The van der Waals surface area contributed by atoms with Crippen molar-refractivity contribution >= 4 is 34.5 Å². The van der Waals surface area contributed by atoms with E-state index in [9.17, 15) is 9.59 Å². The van der Waals surface area contributed by atoms with Gasteiger partial charge < -0.3 is 20.1 Å². The van der Waals surface area contributed by atoms with Gasteiger partial charge in [0.2, 0.25) is 0 Å². The minimum absolute atomic E-state index is 0.215. The average Bonchev–Trinajstić information content (AvgIpc) is 3.24. The van der Waals surface area contributed by atoms with Gasteiger partial charge in [0, 0.05) is 11.8 Å². The van der Waals surface area contributed by atoms with Crippen LogP contribution in [0.4, 0.5) is 11.4 Å². The summed E-state index contributed by atoms with van der Waals surface area (Å²) in [6.07, 6.45) is 0. The monoisotopic (exact) mass is 410 g/mol. The SMILES string of the molecule is COc1cc(NC(=O)C(C)(C)Oc2ccccc2)ccc1NC(=O)c1cccs1. The number of hydrogen-bond acceptors (Lipinski definition) is 5. The second-order valence-electron chi connectivity index (χ2n) is 6.73. The van der Waals surface area contributed by atoms with Crippen molar-refractivity contribution in [2.45, 2.75) is 19.4 Å². The zero-order valence-electron chi connectivity index (χ0n) is 16.4. The van der Waals surface area contributed by atoms with E-state index in [0.29, 0.717) is 27.8 Å². The molecule has 0 fully saturated rings. The van der Waals surface area contributed by atoms with E-state index >= 15 is 0 Å². The van der Waals surface area contributed by atoms with E-state index in [1.807, 2.05) is 29.6 Å². The zero-order chi connectivity index (χ0) is 20.9. The smallest absolute Gasteiger partial charge is 0.267 e. The van der Waals surface area contributed by atoms with Crippen molar-refractivity contribution in [3.63, 3.8) is 0 Å². The van der Waals surface area contributed by atoms with Crippen LogP contribution in [0.1, 0.15) is 23.5 Å². The van der Waals surface area contributed by atoms with E-state index in [1.54, 1.807) is 50.2 Å². The Morgan fingerprint density at radius 3 is 2.38 bits per heavy atom. The molecule has 6 nitrogen and oxygen atoms in total. The number of rotatable bonds is 7. The van der Waals surface area contributed by atoms with Gasteiger partial charge >= 0.3 is 0 Å². The molecule has 0 unspecified atom stereocenters. The van der Waals surface area contributed by atoms with Crippen molar-refractivity contribution in [1.29, 1.82) is 0 Å². The molecule has 3 aromatic rings. The summed E-state index contributed by atoms with van der Waals surface area (Å²) in [7, 11) is 1.50. The molecule has 0 spiro atoms. The van der Waals surface area contributed by atoms with Crippen LogP contribution in [-0.4, -0.2) is 24.5 Å². The van der Waals surface area contributed by atoms with Crippen molar-refractivity contribution in [3.8, 4) is 11.5 Å². The van der Waals surface area contributed by atoms with Crippen LogP contribution in [0.15, 0.2) is 66.0 Å². The Bertz CT molecular complexity index is 985. The fraction of sp³-hybridized carbons (Fsp3) is 0.182. The quantitative estimate of drug-likeness (QED) is 0.586. The highest BCUT2D eigenvalue weighted by Gasteiger charge is 2.30. The van der Waals surface area contributed by atoms with Crippen molar-refractivity contribution in [2.24, 2.45) is 0 Å². The van der Waals surface area contributed by atoms with Gasteiger partial charge in [0.15, 0.2) is 5.60 Å². The van der Waals surface area contributed by atoms with Crippen LogP contribution >= 0.6 is 11.3 Å². The number of benzene rings is 2. The number of methoxy groups -OCH3 is 1. The molecule has 0 bridgehead atoms. The normalized spacial score (nSPS) is 10.9. The van der Waals surface area contributed by atoms with Crippen molar-refractivity contribution in [3.05, 3.63) is 70.9 Å². The molecule has 3 rings (SSSR count). The van der Waals surface area contributed by atoms with Crippen LogP contribution in [0.3, 0.4) is 0 Å². The van der Waals surface area contributed by atoms with Crippen LogP contribution in [-0.2, 0) is 4.79 Å². The molecule has 0 radical (unpaired) electrons. The summed E-state index contributed by atoms with van der Waals surface area (Å²) in [5.74, 6) is 0.526. The summed E-state index contributed by atoms with van der Waals surface area (Å²) in [5.41, 5.74) is -0.0323. The first-order chi connectivity index (χ1) is 13.9. The lowest BCUT2D eigenvalue weighted by Crippen LogP contribution is -2.42. The number of hydrogen-bond donors (Lipinski definition) is 2. The Morgan fingerprint density at radius 2 is 1.72 bits per heavy atom. The van der Waals surface area contributed by atoms with Gasteiger partial charge in [-0.1, -0.05) is 24.3 Å². The minimum atomic E-state index is -1.08. The summed E-state index contributed by atoms with van der Waals surface area (Å²) < 4.78 is 11.2. The predicted octanol–water partition coefficient (Wildman–Crippen LogP) is 4.81. The van der Waals surface area contributed by atoms with Gasteiger partial charge in [-0.2, -0.15) is 0 Å². The number of thiophene rings is 1. The third-order valence-corrected chi connectivity index (χ3v) is 4.98.